The molecule has 0 N–H and O–H groups in total. The van der Waals surface area contributed by atoms with Gasteiger partial charge in [-0.1, -0.05) is 255 Å². The standard InChI is InChI=1S/C88H60N4/c1-9-43-77-69(35-1)85-61-27-17-23-57(51-61)58-24-18-28-62(52-58)86-73-39-5-13-47-81(73)91(82-48-14-6-40-74(82)86)67-33-22-34-68(56-67)92-83-49-15-7-41-75(83)88(76-42-8-16-50-84(76)92)64-30-20-26-60(54-64)59-25-19-29-63(53-59)87-71-37-3-11-45-79(71)90(80-46-12-4-38-72(80)87)66-32-21-31-65(55-66)89(77)78-44-10-2-36-70(78)85/h1-56,85-88H. The summed E-state index contributed by atoms with van der Waals surface area (Å²) in [5.41, 5.74) is 33.9. The molecule has 14 aromatic rings. The van der Waals surface area contributed by atoms with E-state index in [1.807, 2.05) is 0 Å². The van der Waals surface area contributed by atoms with Crippen LogP contribution in [0.25, 0.3) is 22.3 Å². The molecule has 14 aromatic carbocycles. The van der Waals surface area contributed by atoms with Gasteiger partial charge < -0.3 is 19.6 Å². The summed E-state index contributed by atoms with van der Waals surface area (Å²) in [5.74, 6) is -0.0336. The Bertz CT molecular complexity index is 4450. The summed E-state index contributed by atoms with van der Waals surface area (Å²) < 4.78 is 0. The van der Waals surface area contributed by atoms with Crippen LogP contribution in [0.15, 0.2) is 340 Å². The molecule has 0 aliphatic carbocycles. The highest BCUT2D eigenvalue weighted by atomic mass is 15.2. The van der Waals surface area contributed by atoms with Crippen LogP contribution in [0.1, 0.15) is 90.4 Å². The summed E-state index contributed by atoms with van der Waals surface area (Å²) >= 11 is 0. The molecule has 0 amide bonds. The van der Waals surface area contributed by atoms with Gasteiger partial charge in [-0.05, 0) is 174 Å². The molecule has 5 aliphatic heterocycles. The maximum absolute atomic E-state index is 2.49. The van der Waals surface area contributed by atoms with Crippen LogP contribution >= 0.6 is 0 Å². The highest BCUT2D eigenvalue weighted by Gasteiger charge is 2.38. The van der Waals surface area contributed by atoms with Crippen molar-refractivity contribution in [1.29, 1.82) is 0 Å². The Morgan fingerprint density at radius 3 is 0.522 bits per heavy atom. The van der Waals surface area contributed by atoms with Gasteiger partial charge in [-0.25, -0.2) is 0 Å². The van der Waals surface area contributed by atoms with Crippen molar-refractivity contribution in [3.63, 3.8) is 0 Å². The third kappa shape index (κ3) is 8.10. The average Bonchev–Trinajstić information content (AvgIpc) is 0.859. The first kappa shape index (κ1) is 52.2. The van der Waals surface area contributed by atoms with E-state index in [1.54, 1.807) is 0 Å². The fourth-order valence-corrected chi connectivity index (χ4v) is 16.4. The van der Waals surface area contributed by atoms with Gasteiger partial charge in [0, 0.05) is 46.4 Å². The molecular formula is C88H60N4. The van der Waals surface area contributed by atoms with Gasteiger partial charge in [0.15, 0.2) is 0 Å². The lowest BCUT2D eigenvalue weighted by Crippen LogP contribution is -2.24. The average molecular weight is 1170 g/mol. The van der Waals surface area contributed by atoms with Gasteiger partial charge in [0.05, 0.1) is 45.5 Å². The van der Waals surface area contributed by atoms with Crippen LogP contribution in [0.5, 0.6) is 0 Å². The molecule has 5 aliphatic rings. The maximum Gasteiger partial charge on any atom is 0.0503 e. The van der Waals surface area contributed by atoms with Gasteiger partial charge >= 0.3 is 0 Å². The summed E-state index contributed by atoms with van der Waals surface area (Å²) in [6.45, 7) is 0. The number of benzene rings is 14. The highest BCUT2D eigenvalue weighted by molar-refractivity contribution is 5.94. The molecule has 0 atom stereocenters. The SMILES string of the molecule is c1cc2cc(c1)C1c3ccccc3N(c3cccc(c3)N3c4ccccc4C(c4cccc(c4)-c4cccc(c4)C4c5ccccc5N(c5cccc(c5)N5c6ccccc6C(c6cccc-2c6)c2ccccc25)c2ccccc24)c2ccccc23)c2ccccc21. The number of hydrogen-bond acceptors (Lipinski definition) is 4. The molecule has 20 bridgehead atoms. The van der Waals surface area contributed by atoms with Gasteiger partial charge in [0.2, 0.25) is 0 Å². The fraction of sp³-hybridized carbons (Fsp3) is 0.0455. The minimum absolute atomic E-state index is 0.00840. The van der Waals surface area contributed by atoms with Crippen LogP contribution in [0.3, 0.4) is 0 Å². The van der Waals surface area contributed by atoms with Crippen molar-refractivity contribution in [1.82, 2.24) is 0 Å². The van der Waals surface area contributed by atoms with E-state index in [2.05, 4.69) is 359 Å². The van der Waals surface area contributed by atoms with Gasteiger partial charge in [-0.3, -0.25) is 0 Å². The normalized spacial score (nSPS) is 14.3. The van der Waals surface area contributed by atoms with Crippen molar-refractivity contribution in [2.24, 2.45) is 0 Å². The number of fused-ring (bicyclic) bond motifs is 34. The van der Waals surface area contributed by atoms with E-state index in [4.69, 9.17) is 0 Å². The second kappa shape index (κ2) is 20.9. The number of nitrogens with zero attached hydrogens (tertiary/aromatic N) is 4. The predicted molar refractivity (Wildman–Crippen MR) is 379 cm³/mol. The van der Waals surface area contributed by atoms with Crippen molar-refractivity contribution in [2.45, 2.75) is 23.7 Å². The molecule has 5 heterocycles. The van der Waals surface area contributed by atoms with Gasteiger partial charge in [0.25, 0.3) is 0 Å². The first-order valence-corrected chi connectivity index (χ1v) is 32.2. The molecule has 0 unspecified atom stereocenters. The zero-order valence-electron chi connectivity index (χ0n) is 50.4. The summed E-state index contributed by atoms with van der Waals surface area (Å²) in [6, 6.07) is 128. The molecule has 92 heavy (non-hydrogen) atoms. The summed E-state index contributed by atoms with van der Waals surface area (Å²) in [4.78, 5) is 9.97. The molecule has 0 saturated heterocycles. The summed E-state index contributed by atoms with van der Waals surface area (Å²) in [6.07, 6.45) is 0. The van der Waals surface area contributed by atoms with E-state index < -0.39 is 0 Å². The lowest BCUT2D eigenvalue weighted by Gasteiger charge is -2.40. The first-order chi connectivity index (χ1) is 45.7. The third-order valence-electron chi connectivity index (χ3n) is 20.1. The Labute approximate surface area is 537 Å². The molecule has 19 rings (SSSR count). The van der Waals surface area contributed by atoms with Crippen molar-refractivity contribution >= 4 is 68.2 Å². The molecule has 0 fully saturated rings. The van der Waals surface area contributed by atoms with Crippen LogP contribution in [-0.4, -0.2) is 0 Å². The Morgan fingerprint density at radius 2 is 0.326 bits per heavy atom. The summed E-state index contributed by atoms with van der Waals surface area (Å²) in [7, 11) is 0. The molecule has 4 nitrogen and oxygen atoms in total. The molecule has 4 heteroatoms. The maximum atomic E-state index is 2.49. The highest BCUT2D eigenvalue weighted by Crippen LogP contribution is 2.58. The second-order valence-electron chi connectivity index (χ2n) is 25.1. The first-order valence-electron chi connectivity index (χ1n) is 32.2. The van der Waals surface area contributed by atoms with Crippen LogP contribution in [0.2, 0.25) is 0 Å². The lowest BCUT2D eigenvalue weighted by molar-refractivity contribution is 0.933. The lowest BCUT2D eigenvalue weighted by atomic mass is 9.78. The molecule has 0 aromatic heterocycles. The van der Waals surface area contributed by atoms with Gasteiger partial charge in [0.1, 0.15) is 0 Å². The minimum Gasteiger partial charge on any atom is -0.310 e. The number of anilines is 12. The monoisotopic (exact) mass is 1170 g/mol. The van der Waals surface area contributed by atoms with E-state index in [0.717, 1.165) is 22.7 Å². The van der Waals surface area contributed by atoms with Crippen LogP contribution in [-0.2, 0) is 0 Å². The molecular weight excluding hydrogens is 1110 g/mol. The Balaban J connectivity index is 0.816. The number of para-hydroxylation sites is 8. The Morgan fingerprint density at radius 1 is 0.152 bits per heavy atom. The van der Waals surface area contributed by atoms with Gasteiger partial charge in [-0.2, -0.15) is 0 Å². The largest absolute Gasteiger partial charge is 0.310 e. The van der Waals surface area contributed by atoms with E-state index in [9.17, 15) is 0 Å². The smallest absolute Gasteiger partial charge is 0.0503 e. The van der Waals surface area contributed by atoms with E-state index in [0.29, 0.717) is 0 Å². The van der Waals surface area contributed by atoms with E-state index in [1.165, 1.54) is 135 Å². The molecule has 432 valence electrons. The molecule has 0 radical (unpaired) electrons. The van der Waals surface area contributed by atoms with Crippen LogP contribution < -0.4 is 19.6 Å². The minimum atomic E-state index is -0.00840. The molecule has 0 spiro atoms. The van der Waals surface area contributed by atoms with Crippen molar-refractivity contribution in [3.05, 3.63) is 406 Å². The second-order valence-corrected chi connectivity index (χ2v) is 25.1. The van der Waals surface area contributed by atoms with E-state index >= 15 is 0 Å². The van der Waals surface area contributed by atoms with E-state index in [-0.39, 0.29) is 23.7 Å². The third-order valence-corrected chi connectivity index (χ3v) is 20.1. The van der Waals surface area contributed by atoms with Crippen LogP contribution in [0, 0.1) is 0 Å². The van der Waals surface area contributed by atoms with Crippen molar-refractivity contribution < 1.29 is 0 Å². The number of rotatable bonds is 0. The topological polar surface area (TPSA) is 13.0 Å². The fourth-order valence-electron chi connectivity index (χ4n) is 16.4. The predicted octanol–water partition coefficient (Wildman–Crippen LogP) is 23.2. The zero-order chi connectivity index (χ0) is 60.4. The van der Waals surface area contributed by atoms with Crippen molar-refractivity contribution in [2.75, 3.05) is 19.6 Å². The van der Waals surface area contributed by atoms with Crippen LogP contribution in [0.4, 0.5) is 68.2 Å². The van der Waals surface area contributed by atoms with Crippen molar-refractivity contribution in [3.8, 4) is 22.3 Å². The summed E-state index contributed by atoms with van der Waals surface area (Å²) in [5, 5.41) is 0. The Kier molecular flexibility index (Phi) is 11.9. The van der Waals surface area contributed by atoms with Gasteiger partial charge in [-0.15, -0.1) is 0 Å². The zero-order valence-corrected chi connectivity index (χ0v) is 50.4. The Hall–Kier alpha value is -11.7. The molecule has 0 saturated carbocycles. The quantitative estimate of drug-likeness (QED) is 0.150. The number of hydrogen-bond donors (Lipinski definition) is 0.